The summed E-state index contributed by atoms with van der Waals surface area (Å²) < 4.78 is 2.88. The third-order valence-corrected chi connectivity index (χ3v) is 3.51. The number of nitrogens with zero attached hydrogens (tertiary/aromatic N) is 2. The molecule has 0 bridgehead atoms. The number of carbonyl (C=O) groups is 1. The molecule has 0 saturated heterocycles. The van der Waals surface area contributed by atoms with Crippen LogP contribution < -0.4 is 5.32 Å². The summed E-state index contributed by atoms with van der Waals surface area (Å²) >= 11 is 7.49. The maximum Gasteiger partial charge on any atom is 0.271 e. The molecule has 4 nitrogen and oxygen atoms in total. The van der Waals surface area contributed by atoms with Crippen LogP contribution in [0, 0.1) is 6.92 Å². The summed E-state index contributed by atoms with van der Waals surface area (Å²) in [6, 6.07) is 3.79. The molecule has 0 fully saturated rings. The van der Waals surface area contributed by atoms with Crippen LogP contribution in [0.4, 0.5) is 0 Å². The molecule has 2 heterocycles. The van der Waals surface area contributed by atoms with Gasteiger partial charge in [-0.1, -0.05) is 0 Å². The molecule has 0 spiro atoms. The molecule has 6 heteroatoms. The first kappa shape index (κ1) is 12.4. The van der Waals surface area contributed by atoms with Crippen LogP contribution in [0.1, 0.15) is 16.2 Å². The number of nitrogens with one attached hydrogen (secondary N) is 1. The van der Waals surface area contributed by atoms with E-state index < -0.39 is 0 Å². The van der Waals surface area contributed by atoms with Crippen LogP contribution in [0.5, 0.6) is 0 Å². The number of hydrogen-bond donors (Lipinski definition) is 2. The lowest BCUT2D eigenvalue weighted by Crippen LogP contribution is -2.25. The fourth-order valence-corrected chi connectivity index (χ4v) is 1.97. The third-order valence-electron chi connectivity index (χ3n) is 2.45. The van der Waals surface area contributed by atoms with Crippen molar-refractivity contribution in [3.8, 4) is 0 Å². The molecule has 0 aliphatic rings. The van der Waals surface area contributed by atoms with Gasteiger partial charge in [0, 0.05) is 28.7 Å². The molecule has 0 aliphatic heterocycles. The van der Waals surface area contributed by atoms with E-state index in [2.05, 4.69) is 38.9 Å². The molecule has 2 aromatic heterocycles. The third kappa shape index (κ3) is 2.47. The molecular weight excluding hydrogens is 302 g/mol. The van der Waals surface area contributed by atoms with Crippen molar-refractivity contribution in [1.29, 1.82) is 0 Å². The summed E-state index contributed by atoms with van der Waals surface area (Å²) in [6.07, 6.45) is 1.74. The van der Waals surface area contributed by atoms with Gasteiger partial charge in [0.25, 0.3) is 5.91 Å². The molecule has 0 unspecified atom stereocenters. The average molecular weight is 314 g/mol. The van der Waals surface area contributed by atoms with E-state index in [1.807, 2.05) is 23.5 Å². The smallest absolute Gasteiger partial charge is 0.271 e. The largest absolute Gasteiger partial charge is 0.350 e. The van der Waals surface area contributed by atoms with E-state index in [0.29, 0.717) is 18.0 Å². The summed E-state index contributed by atoms with van der Waals surface area (Å²) in [4.78, 5) is 16.0. The number of carbonyl (C=O) groups excluding carboxylic acids is 1. The van der Waals surface area contributed by atoms with Crippen LogP contribution in [0.3, 0.4) is 0 Å². The highest BCUT2D eigenvalue weighted by Gasteiger charge is 2.11. The van der Waals surface area contributed by atoms with Gasteiger partial charge in [0.2, 0.25) is 0 Å². The van der Waals surface area contributed by atoms with Crippen LogP contribution in [-0.4, -0.2) is 27.6 Å². The standard InChI is InChI=1S/C11H12BrN3OS/c1-7-8(12)2-3-10-14-9(6-15(7)10)11(16)13-4-5-17/h2-3,6,17H,4-5H2,1H3,(H,13,16). The van der Waals surface area contributed by atoms with Crippen molar-refractivity contribution >= 4 is 40.1 Å². The van der Waals surface area contributed by atoms with Gasteiger partial charge in [0.1, 0.15) is 11.3 Å². The number of halogens is 1. The molecule has 90 valence electrons. The first-order valence-electron chi connectivity index (χ1n) is 5.16. The number of aryl methyl sites for hydroxylation is 1. The Kier molecular flexibility index (Phi) is 3.73. The molecule has 0 atom stereocenters. The SMILES string of the molecule is Cc1c(Br)ccc2nc(C(=O)NCCS)cn12. The summed E-state index contributed by atoms with van der Waals surface area (Å²) in [7, 11) is 0. The van der Waals surface area contributed by atoms with Gasteiger partial charge in [-0.2, -0.15) is 12.6 Å². The van der Waals surface area contributed by atoms with E-state index in [0.717, 1.165) is 15.8 Å². The van der Waals surface area contributed by atoms with E-state index in [1.165, 1.54) is 0 Å². The Labute approximate surface area is 113 Å². The zero-order valence-corrected chi connectivity index (χ0v) is 11.8. The Bertz CT molecular complexity index is 567. The number of imidazole rings is 1. The van der Waals surface area contributed by atoms with Gasteiger partial charge >= 0.3 is 0 Å². The van der Waals surface area contributed by atoms with Gasteiger partial charge in [-0.05, 0) is 35.0 Å². The maximum absolute atomic E-state index is 11.7. The van der Waals surface area contributed by atoms with Crippen molar-refractivity contribution in [1.82, 2.24) is 14.7 Å². The first-order valence-corrected chi connectivity index (χ1v) is 6.59. The zero-order valence-electron chi connectivity index (χ0n) is 9.27. The predicted molar refractivity (Wildman–Crippen MR) is 73.8 cm³/mol. The predicted octanol–water partition coefficient (Wildman–Crippen LogP) is 2.06. The number of amides is 1. The highest BCUT2D eigenvalue weighted by atomic mass is 79.9. The van der Waals surface area contributed by atoms with Gasteiger partial charge < -0.3 is 9.72 Å². The Morgan fingerprint density at radius 3 is 3.06 bits per heavy atom. The van der Waals surface area contributed by atoms with E-state index in [1.54, 1.807) is 6.20 Å². The Hall–Kier alpha value is -1.01. The second kappa shape index (κ2) is 5.10. The topological polar surface area (TPSA) is 46.4 Å². The lowest BCUT2D eigenvalue weighted by Gasteiger charge is -2.00. The molecular formula is C11H12BrN3OS. The van der Waals surface area contributed by atoms with Crippen LogP contribution in [0.15, 0.2) is 22.8 Å². The first-order chi connectivity index (χ1) is 8.13. The number of rotatable bonds is 3. The van der Waals surface area contributed by atoms with Crippen molar-refractivity contribution in [3.63, 3.8) is 0 Å². The van der Waals surface area contributed by atoms with Gasteiger partial charge in [0.15, 0.2) is 0 Å². The molecule has 0 saturated carbocycles. The van der Waals surface area contributed by atoms with Gasteiger partial charge in [-0.15, -0.1) is 0 Å². The summed E-state index contributed by atoms with van der Waals surface area (Å²) in [6.45, 7) is 2.51. The molecule has 0 aliphatic carbocycles. The van der Waals surface area contributed by atoms with Crippen molar-refractivity contribution in [2.24, 2.45) is 0 Å². The van der Waals surface area contributed by atoms with Gasteiger partial charge in [-0.3, -0.25) is 4.79 Å². The van der Waals surface area contributed by atoms with Crippen LogP contribution in [0.2, 0.25) is 0 Å². The normalized spacial score (nSPS) is 10.8. The Morgan fingerprint density at radius 1 is 1.59 bits per heavy atom. The number of aromatic nitrogens is 2. The van der Waals surface area contributed by atoms with Crippen LogP contribution in [-0.2, 0) is 0 Å². The number of fused-ring (bicyclic) bond motifs is 1. The van der Waals surface area contributed by atoms with E-state index in [4.69, 9.17) is 0 Å². The molecule has 0 radical (unpaired) electrons. The molecule has 1 amide bonds. The van der Waals surface area contributed by atoms with E-state index >= 15 is 0 Å². The zero-order chi connectivity index (χ0) is 12.4. The fraction of sp³-hybridized carbons (Fsp3) is 0.273. The number of thiol groups is 1. The van der Waals surface area contributed by atoms with Gasteiger partial charge in [-0.25, -0.2) is 4.98 Å². The van der Waals surface area contributed by atoms with E-state index in [-0.39, 0.29) is 5.91 Å². The second-order valence-corrected chi connectivity index (χ2v) is 4.90. The molecule has 1 N–H and O–H groups in total. The lowest BCUT2D eigenvalue weighted by atomic mass is 10.4. The van der Waals surface area contributed by atoms with Crippen molar-refractivity contribution in [2.75, 3.05) is 12.3 Å². The Morgan fingerprint density at radius 2 is 2.35 bits per heavy atom. The highest BCUT2D eigenvalue weighted by Crippen LogP contribution is 2.18. The summed E-state index contributed by atoms with van der Waals surface area (Å²) in [5.41, 5.74) is 2.21. The minimum atomic E-state index is -0.168. The van der Waals surface area contributed by atoms with Crippen LogP contribution >= 0.6 is 28.6 Å². The molecule has 0 aromatic carbocycles. The van der Waals surface area contributed by atoms with Gasteiger partial charge in [0.05, 0.1) is 0 Å². The van der Waals surface area contributed by atoms with Crippen molar-refractivity contribution in [2.45, 2.75) is 6.92 Å². The second-order valence-electron chi connectivity index (χ2n) is 3.60. The van der Waals surface area contributed by atoms with Crippen molar-refractivity contribution in [3.05, 3.63) is 34.2 Å². The fourth-order valence-electron chi connectivity index (χ4n) is 1.53. The minimum absolute atomic E-state index is 0.168. The molecule has 2 rings (SSSR count). The quantitative estimate of drug-likeness (QED) is 0.852. The lowest BCUT2D eigenvalue weighted by molar-refractivity contribution is 0.0952. The Balaban J connectivity index is 2.38. The van der Waals surface area contributed by atoms with E-state index in [9.17, 15) is 4.79 Å². The maximum atomic E-state index is 11.7. The average Bonchev–Trinajstić information content (AvgIpc) is 2.75. The van der Waals surface area contributed by atoms with Crippen molar-refractivity contribution < 1.29 is 4.79 Å². The molecule has 17 heavy (non-hydrogen) atoms. The summed E-state index contributed by atoms with van der Waals surface area (Å²) in [5, 5.41) is 2.74. The van der Waals surface area contributed by atoms with Crippen LogP contribution in [0.25, 0.3) is 5.65 Å². The molecule has 2 aromatic rings. The number of hydrogen-bond acceptors (Lipinski definition) is 3. The number of pyridine rings is 1. The minimum Gasteiger partial charge on any atom is -0.350 e. The summed E-state index contributed by atoms with van der Waals surface area (Å²) in [5.74, 6) is 0.447. The highest BCUT2D eigenvalue weighted by molar-refractivity contribution is 9.10. The monoisotopic (exact) mass is 313 g/mol.